The second-order valence-electron chi connectivity index (χ2n) is 5.73. The van der Waals surface area contributed by atoms with Crippen LogP contribution in [0.5, 0.6) is 0 Å². The summed E-state index contributed by atoms with van der Waals surface area (Å²) in [5, 5.41) is 3.43. The summed E-state index contributed by atoms with van der Waals surface area (Å²) in [4.78, 5) is 6.23. The smallest absolute Gasteiger partial charge is 0.141 e. The van der Waals surface area contributed by atoms with E-state index in [4.69, 9.17) is 0 Å². The molecule has 0 amide bonds. The molecule has 0 radical (unpaired) electrons. The first-order valence-electron chi connectivity index (χ1n) is 6.56. The summed E-state index contributed by atoms with van der Waals surface area (Å²) in [6.45, 7) is 6.34. The molecule has 2 heterocycles. The van der Waals surface area contributed by atoms with Crippen molar-refractivity contribution in [1.29, 1.82) is 0 Å². The Bertz CT molecular complexity index is 386. The number of rotatable bonds is 4. The molecular weight excluding hydrogens is 229 g/mol. The Kier molecular flexibility index (Phi) is 4.30. The molecule has 0 aliphatic carbocycles. The predicted molar refractivity (Wildman–Crippen MR) is 70.7 cm³/mol. The molecule has 0 bridgehead atoms. The highest BCUT2D eigenvalue weighted by Gasteiger charge is 2.28. The lowest BCUT2D eigenvalue weighted by Gasteiger charge is -2.38. The Balaban J connectivity index is 1.78. The zero-order chi connectivity index (χ0) is 13.0. The fraction of sp³-hybridized carbons (Fsp3) is 0.643. The minimum atomic E-state index is -0.264. The van der Waals surface area contributed by atoms with Gasteiger partial charge in [-0.05, 0) is 50.0 Å². The van der Waals surface area contributed by atoms with Crippen LogP contribution < -0.4 is 5.32 Å². The summed E-state index contributed by atoms with van der Waals surface area (Å²) in [6.07, 6.45) is 5.39. The van der Waals surface area contributed by atoms with E-state index in [1.807, 2.05) is 0 Å². The van der Waals surface area contributed by atoms with Crippen LogP contribution in [0.3, 0.4) is 0 Å². The molecule has 0 saturated carbocycles. The number of nitrogens with one attached hydrogen (secondary N) is 1. The lowest BCUT2D eigenvalue weighted by atomic mass is 9.80. The van der Waals surface area contributed by atoms with E-state index in [0.717, 1.165) is 12.1 Å². The average molecular weight is 251 g/mol. The quantitative estimate of drug-likeness (QED) is 0.887. The van der Waals surface area contributed by atoms with Crippen LogP contribution in [0.1, 0.15) is 25.3 Å². The summed E-state index contributed by atoms with van der Waals surface area (Å²) >= 11 is 0. The molecule has 100 valence electrons. The van der Waals surface area contributed by atoms with Crippen molar-refractivity contribution in [3.05, 3.63) is 29.8 Å². The van der Waals surface area contributed by atoms with Gasteiger partial charge in [-0.15, -0.1) is 0 Å². The molecule has 0 aromatic carbocycles. The Morgan fingerprint density at radius 1 is 1.39 bits per heavy atom. The van der Waals surface area contributed by atoms with E-state index in [-0.39, 0.29) is 5.82 Å². The Hall–Kier alpha value is -1.00. The van der Waals surface area contributed by atoms with Crippen molar-refractivity contribution in [2.45, 2.75) is 26.3 Å². The van der Waals surface area contributed by atoms with Gasteiger partial charge in [-0.25, -0.2) is 4.39 Å². The predicted octanol–water partition coefficient (Wildman–Crippen LogP) is 2.04. The number of hydrogen-bond donors (Lipinski definition) is 1. The van der Waals surface area contributed by atoms with Gasteiger partial charge in [0.15, 0.2) is 0 Å². The normalized spacial score (nSPS) is 19.9. The van der Waals surface area contributed by atoms with Crippen LogP contribution in [-0.4, -0.2) is 36.6 Å². The number of likely N-dealkylation sites (tertiary alicyclic amines) is 1. The molecule has 4 heteroatoms. The molecule has 0 unspecified atom stereocenters. The molecule has 1 aromatic rings. The van der Waals surface area contributed by atoms with Crippen molar-refractivity contribution < 1.29 is 4.39 Å². The van der Waals surface area contributed by atoms with Crippen molar-refractivity contribution in [3.63, 3.8) is 0 Å². The average Bonchev–Trinajstić information content (AvgIpc) is 2.34. The monoisotopic (exact) mass is 251 g/mol. The van der Waals surface area contributed by atoms with E-state index in [1.54, 1.807) is 6.20 Å². The first-order chi connectivity index (χ1) is 8.57. The molecule has 1 aliphatic heterocycles. The van der Waals surface area contributed by atoms with Crippen molar-refractivity contribution >= 4 is 0 Å². The van der Waals surface area contributed by atoms with Crippen LogP contribution in [0, 0.1) is 11.2 Å². The van der Waals surface area contributed by atoms with Gasteiger partial charge < -0.3 is 10.2 Å². The largest absolute Gasteiger partial charge is 0.312 e. The van der Waals surface area contributed by atoms with Gasteiger partial charge in [-0.3, -0.25) is 4.98 Å². The lowest BCUT2D eigenvalue weighted by Crippen LogP contribution is -2.41. The fourth-order valence-electron chi connectivity index (χ4n) is 2.40. The molecular formula is C14H22FN3. The topological polar surface area (TPSA) is 28.2 Å². The highest BCUT2D eigenvalue weighted by Crippen LogP contribution is 2.29. The van der Waals surface area contributed by atoms with Gasteiger partial charge in [-0.1, -0.05) is 6.92 Å². The summed E-state index contributed by atoms with van der Waals surface area (Å²) in [5.74, 6) is -0.264. The third-order valence-electron chi connectivity index (χ3n) is 3.84. The molecule has 3 nitrogen and oxygen atoms in total. The van der Waals surface area contributed by atoms with Gasteiger partial charge in [0, 0.05) is 19.3 Å². The SMILES string of the molecule is CN1CCC(C)(CNCc2cncc(F)c2)CC1. The number of aromatic nitrogens is 1. The molecule has 2 rings (SSSR count). The first kappa shape index (κ1) is 13.4. The molecule has 0 spiro atoms. The van der Waals surface area contributed by atoms with Crippen molar-refractivity contribution in [1.82, 2.24) is 15.2 Å². The second-order valence-corrected chi connectivity index (χ2v) is 5.73. The van der Waals surface area contributed by atoms with E-state index in [9.17, 15) is 4.39 Å². The van der Waals surface area contributed by atoms with Crippen LogP contribution in [0.4, 0.5) is 4.39 Å². The highest BCUT2D eigenvalue weighted by atomic mass is 19.1. The lowest BCUT2D eigenvalue weighted by molar-refractivity contribution is 0.137. The number of pyridine rings is 1. The number of nitrogens with zero attached hydrogens (tertiary/aromatic N) is 2. The summed E-state index contributed by atoms with van der Waals surface area (Å²) in [5.41, 5.74) is 1.28. The standard InChI is InChI=1S/C14H22FN3/c1-14(3-5-18(2)6-4-14)11-17-9-12-7-13(15)10-16-8-12/h7-8,10,17H,3-6,9,11H2,1-2H3. The van der Waals surface area contributed by atoms with Gasteiger partial charge in [0.05, 0.1) is 6.20 Å². The van der Waals surface area contributed by atoms with Crippen molar-refractivity contribution in [2.75, 3.05) is 26.7 Å². The zero-order valence-electron chi connectivity index (χ0n) is 11.2. The van der Waals surface area contributed by atoms with Gasteiger partial charge in [0.1, 0.15) is 5.82 Å². The van der Waals surface area contributed by atoms with Crippen molar-refractivity contribution in [3.8, 4) is 0 Å². The molecule has 1 N–H and O–H groups in total. The Labute approximate surface area is 108 Å². The maximum atomic E-state index is 13.0. The maximum Gasteiger partial charge on any atom is 0.141 e. The zero-order valence-corrected chi connectivity index (χ0v) is 11.2. The van der Waals surface area contributed by atoms with Crippen LogP contribution >= 0.6 is 0 Å². The minimum absolute atomic E-state index is 0.264. The highest BCUT2D eigenvalue weighted by molar-refractivity contribution is 5.09. The third kappa shape index (κ3) is 3.75. The summed E-state index contributed by atoms with van der Waals surface area (Å²) in [7, 11) is 2.17. The van der Waals surface area contributed by atoms with Gasteiger partial charge in [0.25, 0.3) is 0 Å². The maximum absolute atomic E-state index is 13.0. The van der Waals surface area contributed by atoms with Gasteiger partial charge >= 0.3 is 0 Å². The molecule has 1 aromatic heterocycles. The molecule has 1 fully saturated rings. The van der Waals surface area contributed by atoms with E-state index < -0.39 is 0 Å². The number of piperidine rings is 1. The van der Waals surface area contributed by atoms with E-state index in [0.29, 0.717) is 12.0 Å². The molecule has 1 aliphatic rings. The Morgan fingerprint density at radius 3 is 2.78 bits per heavy atom. The summed E-state index contributed by atoms with van der Waals surface area (Å²) in [6, 6.07) is 1.54. The second kappa shape index (κ2) is 5.76. The van der Waals surface area contributed by atoms with Crippen LogP contribution in [0.2, 0.25) is 0 Å². The van der Waals surface area contributed by atoms with Crippen LogP contribution in [0.15, 0.2) is 18.5 Å². The molecule has 1 saturated heterocycles. The third-order valence-corrected chi connectivity index (χ3v) is 3.84. The molecule has 18 heavy (non-hydrogen) atoms. The van der Waals surface area contributed by atoms with E-state index in [2.05, 4.69) is 29.2 Å². The van der Waals surface area contributed by atoms with Gasteiger partial charge in [-0.2, -0.15) is 0 Å². The first-order valence-corrected chi connectivity index (χ1v) is 6.56. The summed E-state index contributed by atoms with van der Waals surface area (Å²) < 4.78 is 13.0. The van der Waals surface area contributed by atoms with E-state index in [1.165, 1.54) is 38.2 Å². The minimum Gasteiger partial charge on any atom is -0.312 e. The number of hydrogen-bond acceptors (Lipinski definition) is 3. The molecule has 0 atom stereocenters. The van der Waals surface area contributed by atoms with Gasteiger partial charge in [0.2, 0.25) is 0 Å². The number of halogens is 1. The Morgan fingerprint density at radius 2 is 2.11 bits per heavy atom. The fourth-order valence-corrected chi connectivity index (χ4v) is 2.40. The van der Waals surface area contributed by atoms with E-state index >= 15 is 0 Å². The van der Waals surface area contributed by atoms with Crippen LogP contribution in [-0.2, 0) is 6.54 Å². The van der Waals surface area contributed by atoms with Crippen molar-refractivity contribution in [2.24, 2.45) is 5.41 Å². The van der Waals surface area contributed by atoms with Crippen LogP contribution in [0.25, 0.3) is 0 Å².